The largest absolute Gasteiger partial charge is 0.472 e. The number of aliphatic hydroxyl groups excluding tert-OH is 1. The van der Waals surface area contributed by atoms with Crippen molar-refractivity contribution in [1.29, 1.82) is 0 Å². The maximum Gasteiger partial charge on any atom is 0.472 e. The van der Waals surface area contributed by atoms with Crippen LogP contribution in [0.1, 0.15) is 376 Å². The molecule has 0 amide bonds. The lowest BCUT2D eigenvalue weighted by Crippen LogP contribution is -2.30. The van der Waals surface area contributed by atoms with Crippen molar-refractivity contribution in [2.45, 2.75) is 394 Å². The van der Waals surface area contributed by atoms with Gasteiger partial charge in [0.15, 0.2) is 12.2 Å². The van der Waals surface area contributed by atoms with Crippen molar-refractivity contribution in [3.8, 4) is 0 Å². The lowest BCUT2D eigenvalue weighted by molar-refractivity contribution is -0.161. The molecule has 0 aromatic heterocycles. The molecular formula is C74H144O17P2. The summed E-state index contributed by atoms with van der Waals surface area (Å²) in [5.74, 6) is 0.214. The molecule has 5 atom stereocenters. The second-order valence-corrected chi connectivity index (χ2v) is 31.0. The molecule has 0 fully saturated rings. The van der Waals surface area contributed by atoms with Crippen LogP contribution in [0.15, 0.2) is 0 Å². The number of aliphatic hydroxyl groups is 1. The van der Waals surface area contributed by atoms with E-state index in [0.29, 0.717) is 25.7 Å². The van der Waals surface area contributed by atoms with Crippen LogP contribution >= 0.6 is 15.6 Å². The van der Waals surface area contributed by atoms with Gasteiger partial charge in [-0.1, -0.05) is 325 Å². The fourth-order valence-corrected chi connectivity index (χ4v) is 12.8. The molecule has 552 valence electrons. The van der Waals surface area contributed by atoms with E-state index in [0.717, 1.165) is 114 Å². The zero-order valence-corrected chi connectivity index (χ0v) is 62.5. The van der Waals surface area contributed by atoms with Crippen LogP contribution in [-0.4, -0.2) is 96.7 Å². The van der Waals surface area contributed by atoms with Gasteiger partial charge in [-0.2, -0.15) is 0 Å². The zero-order valence-electron chi connectivity index (χ0n) is 60.7. The molecule has 93 heavy (non-hydrogen) atoms. The average Bonchev–Trinajstić information content (AvgIpc) is 3.02. The van der Waals surface area contributed by atoms with Crippen LogP contribution in [-0.2, 0) is 65.4 Å². The smallest absolute Gasteiger partial charge is 0.462 e. The second-order valence-electron chi connectivity index (χ2n) is 28.1. The van der Waals surface area contributed by atoms with Crippen LogP contribution in [0.5, 0.6) is 0 Å². The number of esters is 4. The topological polar surface area (TPSA) is 237 Å². The predicted molar refractivity (Wildman–Crippen MR) is 377 cm³/mol. The minimum absolute atomic E-state index is 0.104. The Labute approximate surface area is 568 Å². The van der Waals surface area contributed by atoms with Crippen molar-refractivity contribution in [2.24, 2.45) is 17.8 Å². The van der Waals surface area contributed by atoms with Crippen molar-refractivity contribution in [3.63, 3.8) is 0 Å². The van der Waals surface area contributed by atoms with Crippen LogP contribution in [0.2, 0.25) is 0 Å². The number of hydrogen-bond acceptors (Lipinski definition) is 15. The number of hydrogen-bond donors (Lipinski definition) is 3. The molecule has 0 aromatic carbocycles. The average molecular weight is 1370 g/mol. The third-order valence-corrected chi connectivity index (χ3v) is 19.0. The summed E-state index contributed by atoms with van der Waals surface area (Å²) in [6.07, 6.45) is 50.4. The molecule has 0 saturated heterocycles. The van der Waals surface area contributed by atoms with Gasteiger partial charge in [-0.3, -0.25) is 37.3 Å². The summed E-state index contributed by atoms with van der Waals surface area (Å²) in [6, 6.07) is 0. The van der Waals surface area contributed by atoms with Gasteiger partial charge in [-0.05, 0) is 43.4 Å². The normalized spacial score (nSPS) is 14.1. The van der Waals surface area contributed by atoms with Gasteiger partial charge in [0.2, 0.25) is 0 Å². The third-order valence-electron chi connectivity index (χ3n) is 17.1. The standard InChI is InChI=1S/C74H144O17P2/c1-8-9-10-38-48-55-71(76)84-61-69(90-74(79)58-51-44-37-31-25-28-34-41-47-54-67(6)7)63-88-92(80,81)86-59-68(75)60-87-93(82,83)89-64-70(91-73(78)57-50-43-36-30-24-20-16-12-14-18-22-27-33-40-46-53-66(4)5)62-85-72(77)56-49-42-35-29-23-19-15-11-13-17-21-26-32-39-45-52-65(2)3/h65-70,75H,8-64H2,1-7H3,(H,80,81)(H,82,83)/t68-,69+,70+/m0/s1. The second kappa shape index (κ2) is 64.7. The lowest BCUT2D eigenvalue weighted by Gasteiger charge is -2.21. The number of carbonyl (C=O) groups is 4. The van der Waals surface area contributed by atoms with Crippen LogP contribution in [0, 0.1) is 17.8 Å². The summed E-state index contributed by atoms with van der Waals surface area (Å²) in [5.41, 5.74) is 0. The molecule has 0 saturated carbocycles. The summed E-state index contributed by atoms with van der Waals surface area (Å²) in [6.45, 7) is 11.8. The molecule has 3 N–H and O–H groups in total. The number of carbonyl (C=O) groups excluding carboxylic acids is 4. The first-order chi connectivity index (χ1) is 44.7. The highest BCUT2D eigenvalue weighted by molar-refractivity contribution is 7.47. The molecule has 19 heteroatoms. The van der Waals surface area contributed by atoms with Gasteiger partial charge in [-0.25, -0.2) is 9.13 Å². The van der Waals surface area contributed by atoms with Gasteiger partial charge >= 0.3 is 39.5 Å². The van der Waals surface area contributed by atoms with E-state index < -0.39 is 97.5 Å². The number of ether oxygens (including phenoxy) is 4. The van der Waals surface area contributed by atoms with Crippen LogP contribution in [0.4, 0.5) is 0 Å². The van der Waals surface area contributed by atoms with E-state index in [2.05, 4.69) is 48.5 Å². The highest BCUT2D eigenvalue weighted by Crippen LogP contribution is 2.45. The summed E-state index contributed by atoms with van der Waals surface area (Å²) in [5, 5.41) is 10.6. The first-order valence-electron chi connectivity index (χ1n) is 38.3. The summed E-state index contributed by atoms with van der Waals surface area (Å²) in [7, 11) is -9.90. The van der Waals surface area contributed by atoms with Gasteiger partial charge in [-0.15, -0.1) is 0 Å². The minimum atomic E-state index is -4.95. The van der Waals surface area contributed by atoms with Gasteiger partial charge in [0.1, 0.15) is 19.3 Å². The molecule has 17 nitrogen and oxygen atoms in total. The number of rotatable bonds is 72. The van der Waals surface area contributed by atoms with E-state index >= 15 is 0 Å². The molecule has 0 rings (SSSR count). The molecule has 2 unspecified atom stereocenters. The monoisotopic (exact) mass is 1370 g/mol. The van der Waals surface area contributed by atoms with Crippen molar-refractivity contribution in [3.05, 3.63) is 0 Å². The summed E-state index contributed by atoms with van der Waals surface area (Å²) in [4.78, 5) is 72.4. The molecule has 0 aliphatic heterocycles. The third kappa shape index (κ3) is 68.4. The maximum absolute atomic E-state index is 13.1. The Morgan fingerprint density at radius 2 is 0.495 bits per heavy atom. The Balaban J connectivity index is 5.15. The Kier molecular flexibility index (Phi) is 63.4. The lowest BCUT2D eigenvalue weighted by atomic mass is 10.0. The van der Waals surface area contributed by atoms with E-state index in [4.69, 9.17) is 37.0 Å². The minimum Gasteiger partial charge on any atom is -0.462 e. The maximum atomic E-state index is 13.1. The first-order valence-corrected chi connectivity index (χ1v) is 41.3. The summed E-state index contributed by atoms with van der Waals surface area (Å²) < 4.78 is 68.2. The molecule has 0 bridgehead atoms. The molecule has 0 spiro atoms. The van der Waals surface area contributed by atoms with Crippen molar-refractivity contribution >= 4 is 39.5 Å². The Bertz CT molecular complexity index is 1820. The van der Waals surface area contributed by atoms with E-state index in [1.54, 1.807) is 0 Å². The Hall–Kier alpha value is -1.94. The fraction of sp³-hybridized carbons (Fsp3) is 0.946. The molecule has 0 aliphatic rings. The van der Waals surface area contributed by atoms with Crippen molar-refractivity contribution in [1.82, 2.24) is 0 Å². The van der Waals surface area contributed by atoms with Crippen LogP contribution < -0.4 is 0 Å². The summed E-state index contributed by atoms with van der Waals surface area (Å²) >= 11 is 0. The number of phosphoric acid groups is 2. The number of phosphoric ester groups is 2. The van der Waals surface area contributed by atoms with E-state index in [1.807, 2.05) is 0 Å². The molecule has 0 aromatic rings. The highest BCUT2D eigenvalue weighted by Gasteiger charge is 2.30. The fourth-order valence-electron chi connectivity index (χ4n) is 11.2. The molecule has 0 radical (unpaired) electrons. The quantitative estimate of drug-likeness (QED) is 0.0222. The molecule has 0 aliphatic carbocycles. The zero-order chi connectivity index (χ0) is 68.7. The van der Waals surface area contributed by atoms with Crippen molar-refractivity contribution < 1.29 is 80.2 Å². The van der Waals surface area contributed by atoms with E-state index in [9.17, 15) is 43.2 Å². The molecule has 0 heterocycles. The predicted octanol–water partition coefficient (Wildman–Crippen LogP) is 21.4. The van der Waals surface area contributed by atoms with Gasteiger partial charge < -0.3 is 33.8 Å². The SMILES string of the molecule is CCCCCCCC(=O)OC[C@H](COP(=O)(O)OC[C@H](O)COP(=O)(O)OC[C@@H](COC(=O)CCCCCCCCCCCCCCCCCC(C)C)OC(=O)CCCCCCCCCCCCCCCCCC(C)C)OC(=O)CCCCCCCCCCCC(C)C. The molecular weight excluding hydrogens is 1220 g/mol. The Morgan fingerprint density at radius 1 is 0.290 bits per heavy atom. The van der Waals surface area contributed by atoms with E-state index in [-0.39, 0.29) is 25.7 Å². The van der Waals surface area contributed by atoms with E-state index in [1.165, 1.54) is 180 Å². The van der Waals surface area contributed by atoms with Gasteiger partial charge in [0.25, 0.3) is 0 Å². The first kappa shape index (κ1) is 91.1. The van der Waals surface area contributed by atoms with Crippen LogP contribution in [0.3, 0.4) is 0 Å². The number of unbranched alkanes of at least 4 members (excludes halogenated alkanes) is 40. The van der Waals surface area contributed by atoms with Gasteiger partial charge in [0.05, 0.1) is 26.4 Å². The van der Waals surface area contributed by atoms with Crippen molar-refractivity contribution in [2.75, 3.05) is 39.6 Å². The van der Waals surface area contributed by atoms with Gasteiger partial charge in [0, 0.05) is 25.7 Å². The Morgan fingerprint density at radius 3 is 0.731 bits per heavy atom. The highest BCUT2D eigenvalue weighted by atomic mass is 31.2. The van der Waals surface area contributed by atoms with Crippen LogP contribution in [0.25, 0.3) is 0 Å².